The highest BCUT2D eigenvalue weighted by atomic mass is 35.5. The van der Waals surface area contributed by atoms with E-state index in [1.807, 2.05) is 11.0 Å². The van der Waals surface area contributed by atoms with Crippen LogP contribution >= 0.6 is 23.4 Å². The van der Waals surface area contributed by atoms with Gasteiger partial charge in [0.1, 0.15) is 41.6 Å². The van der Waals surface area contributed by atoms with Gasteiger partial charge in [0.15, 0.2) is 0 Å². The largest absolute Gasteiger partial charge is 0.461 e. The van der Waals surface area contributed by atoms with Crippen molar-refractivity contribution in [2.24, 2.45) is 45.1 Å². The maximum atomic E-state index is 16.1. The van der Waals surface area contributed by atoms with E-state index >= 15 is 4.39 Å². The molecule has 4 heterocycles. The van der Waals surface area contributed by atoms with Gasteiger partial charge in [0.2, 0.25) is 5.43 Å². The lowest BCUT2D eigenvalue weighted by atomic mass is 9.44. The Morgan fingerprint density at radius 3 is 2.18 bits per heavy atom. The molecule has 1 spiro atoms. The average molecular weight is 1190 g/mol. The summed E-state index contributed by atoms with van der Waals surface area (Å²) in [4.78, 5) is 74.8. The van der Waals surface area contributed by atoms with Crippen LogP contribution in [-0.2, 0) is 28.6 Å². The van der Waals surface area contributed by atoms with Gasteiger partial charge in [-0.2, -0.15) is 0 Å². The number of nitrogens with zero attached hydrogens (tertiary/aromatic N) is 3. The maximum absolute atomic E-state index is 16.1. The van der Waals surface area contributed by atoms with E-state index in [1.54, 1.807) is 16.3 Å². The molecule has 12 nitrogen and oxygen atoms in total. The Hall–Kier alpha value is -3.53. The van der Waals surface area contributed by atoms with Crippen LogP contribution in [-0.4, -0.2) is 107 Å². The number of carbonyl (C=O) groups excluding carboxylic acids is 4. The summed E-state index contributed by atoms with van der Waals surface area (Å²) in [6, 6.07) is 1.58. The predicted molar refractivity (Wildman–Crippen MR) is 326 cm³/mol. The van der Waals surface area contributed by atoms with Gasteiger partial charge < -0.3 is 34.3 Å². The van der Waals surface area contributed by atoms with E-state index in [0.29, 0.717) is 74.7 Å². The van der Waals surface area contributed by atoms with Crippen LogP contribution in [0.3, 0.4) is 0 Å². The van der Waals surface area contributed by atoms with E-state index in [2.05, 4.69) is 53.1 Å². The van der Waals surface area contributed by atoms with Gasteiger partial charge in [-0.15, -0.1) is 18.3 Å². The summed E-state index contributed by atoms with van der Waals surface area (Å²) < 4.78 is 52.0. The number of esters is 3. The van der Waals surface area contributed by atoms with E-state index in [-0.39, 0.29) is 85.9 Å². The Balaban J connectivity index is 0.704. The Labute approximate surface area is 502 Å². The third kappa shape index (κ3) is 12.5. The first-order chi connectivity index (χ1) is 39.7. The molecule has 1 aromatic heterocycles. The number of Topliss-reactive ketones (excluding diaryl/α,β-unsaturated/α-hetero) is 1. The van der Waals surface area contributed by atoms with Crippen LogP contribution in [0.15, 0.2) is 29.7 Å². The fourth-order valence-electron chi connectivity index (χ4n) is 17.2. The molecule has 5 saturated carbocycles. The van der Waals surface area contributed by atoms with E-state index < -0.39 is 58.6 Å². The summed E-state index contributed by atoms with van der Waals surface area (Å²) >= 11 is 8.73. The molecule has 8 fully saturated rings. The minimum absolute atomic E-state index is 0.0327. The molecule has 4 bridgehead atoms. The van der Waals surface area contributed by atoms with E-state index in [0.717, 1.165) is 122 Å². The van der Waals surface area contributed by atoms with Crippen molar-refractivity contribution in [3.63, 3.8) is 0 Å². The number of pyridine rings is 1. The number of carbonyl (C=O) groups is 4. The number of rotatable bonds is 26. The molecule has 83 heavy (non-hydrogen) atoms. The number of halogens is 3. The van der Waals surface area contributed by atoms with Crippen molar-refractivity contribution in [3.8, 4) is 0 Å². The summed E-state index contributed by atoms with van der Waals surface area (Å²) in [5.41, 5.74) is 4.27. The molecular formula is C67H97ClF2N4O8S. The number of benzene rings is 1. The van der Waals surface area contributed by atoms with Gasteiger partial charge in [0.05, 0.1) is 33.4 Å². The quantitative estimate of drug-likeness (QED) is 0.0413. The maximum Gasteiger partial charge on any atom is 0.343 e. The molecule has 2 aromatic rings. The highest BCUT2D eigenvalue weighted by Gasteiger charge is 2.69. The van der Waals surface area contributed by atoms with Crippen LogP contribution in [0.25, 0.3) is 10.9 Å². The van der Waals surface area contributed by atoms with Crippen LogP contribution in [0.4, 0.5) is 14.5 Å². The first-order valence-electron chi connectivity index (χ1n) is 32.5. The Bertz CT molecular complexity index is 2780. The normalized spacial score (nSPS) is 34.6. The highest BCUT2D eigenvalue weighted by molar-refractivity contribution is 8.00. The molecule has 0 amide bonds. The Morgan fingerprint density at radius 2 is 1.55 bits per heavy atom. The van der Waals surface area contributed by atoms with E-state index in [9.17, 15) is 28.4 Å². The lowest BCUT2D eigenvalue weighted by molar-refractivity contribution is -0.212. The molecule has 7 unspecified atom stereocenters. The fraction of sp³-hybridized carbons (Fsp3) is 0.776. The van der Waals surface area contributed by atoms with Gasteiger partial charge in [-0.1, -0.05) is 110 Å². The smallest absolute Gasteiger partial charge is 0.343 e. The molecule has 3 aliphatic heterocycles. The van der Waals surface area contributed by atoms with Gasteiger partial charge in [-0.25, -0.2) is 13.6 Å². The zero-order valence-electron chi connectivity index (χ0n) is 50.8. The summed E-state index contributed by atoms with van der Waals surface area (Å²) in [7, 11) is 2.24. The van der Waals surface area contributed by atoms with Gasteiger partial charge >= 0.3 is 17.9 Å². The molecule has 8 aliphatic rings. The van der Waals surface area contributed by atoms with Crippen molar-refractivity contribution in [2.75, 3.05) is 30.8 Å². The summed E-state index contributed by atoms with van der Waals surface area (Å²) in [5.74, 6) is -1.55. The molecule has 14 atom stereocenters. The number of thioether (sulfide) groups is 1. The van der Waals surface area contributed by atoms with Crippen LogP contribution in [0, 0.1) is 45.2 Å². The number of anilines is 1. The summed E-state index contributed by atoms with van der Waals surface area (Å²) in [6.07, 6.45) is 24.0. The van der Waals surface area contributed by atoms with Crippen LogP contribution in [0.5, 0.6) is 0 Å². The number of hydrogen-bond donors (Lipinski definition) is 1. The van der Waals surface area contributed by atoms with Crippen molar-refractivity contribution >= 4 is 63.6 Å². The molecule has 2 N–H and O–H groups in total. The van der Waals surface area contributed by atoms with E-state index in [1.165, 1.54) is 19.0 Å². The monoisotopic (exact) mass is 1190 g/mol. The summed E-state index contributed by atoms with van der Waals surface area (Å²) in [5, 5.41) is 0.406. The number of nitrogens with two attached hydrogens (primary N) is 1. The highest BCUT2D eigenvalue weighted by Crippen LogP contribution is 2.68. The van der Waals surface area contributed by atoms with Crippen LogP contribution in [0.1, 0.15) is 224 Å². The van der Waals surface area contributed by atoms with Gasteiger partial charge in [0.25, 0.3) is 0 Å². The first-order valence-corrected chi connectivity index (χ1v) is 33.9. The van der Waals surface area contributed by atoms with Crippen molar-refractivity contribution < 1.29 is 42.2 Å². The SMILES string of the molecule is C=C[C@@]1(C)C[C@H](OC(=O)CSC2CC3CCC(C2)N3C)[C@@]2(C)C(C)CCC3(CCC(=O)C32)[C@H](C)[C@@H]1OC(=O)CCCCCCCCCCC(CCCCCC)OC(=O)c1cn(C2C[C@@H]2F)c2c(Cl)c(N3C[C@@H](N)C4(CC4)C3)c(F)cc2c1=O. The predicted octanol–water partition coefficient (Wildman–Crippen LogP) is 14.2. The summed E-state index contributed by atoms with van der Waals surface area (Å²) in [6.45, 7) is 16.3. The molecule has 10 rings (SSSR count). The zero-order valence-corrected chi connectivity index (χ0v) is 52.4. The molecule has 1 aromatic carbocycles. The molecule has 5 aliphatic carbocycles. The number of piperidine rings is 1. The lowest BCUT2D eigenvalue weighted by Crippen LogP contribution is -2.63. The minimum atomic E-state index is -1.18. The molecule has 3 saturated heterocycles. The molecule has 0 radical (unpaired) electrons. The van der Waals surface area contributed by atoms with Gasteiger partial charge in [-0.05, 0) is 121 Å². The lowest BCUT2D eigenvalue weighted by Gasteiger charge is -2.62. The minimum Gasteiger partial charge on any atom is -0.461 e. The number of fused-ring (bicyclic) bond motifs is 3. The second-order valence-corrected chi connectivity index (χ2v) is 29.8. The van der Waals surface area contributed by atoms with Gasteiger partial charge in [-0.3, -0.25) is 19.2 Å². The third-order valence-electron chi connectivity index (χ3n) is 23.0. The number of hydrogen-bond acceptors (Lipinski definition) is 12. The number of aromatic nitrogens is 1. The van der Waals surface area contributed by atoms with Gasteiger partial charge in [0, 0.05) is 90.0 Å². The third-order valence-corrected chi connectivity index (χ3v) is 24.6. The number of ketones is 1. The standard InChI is InChI=1S/C67H97ClF2N4O8S/c1-8-10-11-18-21-45(80-63(79)48-37-74(51-35-49(51)69)58-47(60(48)78)34-50(70)59(57(58)68)73-38-53(71)66(40-73)30-31-66)22-19-16-14-12-13-15-17-20-23-55(76)82-62-42(4)67-28-26-41(3)65(6,61(67)52(75)27-29-67)54(36-64(62,5)9-2)81-56(77)39-83-46-32-43-24-25-44(33-46)72(43)7/h9,34,37,41-46,49,51,53-54,61-62H,2,8,10-33,35-36,38-40,71H2,1,3-7H3/t41?,42-,43?,44?,45?,46?,49+,51?,53-,54+,61?,62+,64+,65-,67?/m1/s1. The molecule has 460 valence electrons. The zero-order chi connectivity index (χ0) is 59.2. The van der Waals surface area contributed by atoms with Crippen molar-refractivity contribution in [3.05, 3.63) is 51.5 Å². The second-order valence-electron chi connectivity index (χ2n) is 28.1. The number of ether oxygens (including phenoxy) is 3. The van der Waals surface area contributed by atoms with E-state index in [4.69, 9.17) is 31.5 Å². The van der Waals surface area contributed by atoms with Crippen molar-refractivity contribution in [2.45, 2.75) is 262 Å². The van der Waals surface area contributed by atoms with Crippen molar-refractivity contribution in [1.29, 1.82) is 0 Å². The van der Waals surface area contributed by atoms with Crippen molar-refractivity contribution in [1.82, 2.24) is 9.47 Å². The fourth-order valence-corrected chi connectivity index (χ4v) is 18.8. The average Bonchev–Trinajstić information content (AvgIpc) is 2.85. The van der Waals surface area contributed by atoms with Crippen LogP contribution in [0.2, 0.25) is 5.02 Å². The van der Waals surface area contributed by atoms with Crippen LogP contribution < -0.4 is 16.1 Å². The first kappa shape index (κ1) is 62.5. The number of alkyl halides is 1. The Kier molecular flexibility index (Phi) is 19.3. The molecule has 16 heteroatoms. The number of unbranched alkanes of at least 4 members (excludes halogenated alkanes) is 10. The topological polar surface area (TPSA) is 150 Å². The second kappa shape index (κ2) is 25.7. The molecular weight excluding hydrogens is 1090 g/mol. The Morgan fingerprint density at radius 1 is 0.904 bits per heavy atom.